The number of amides is 1. The number of nitrogens with zero attached hydrogens (tertiary/aromatic N) is 3. The molecule has 0 spiro atoms. The fourth-order valence-electron chi connectivity index (χ4n) is 3.33. The van der Waals surface area contributed by atoms with Gasteiger partial charge in [0, 0.05) is 18.7 Å². The van der Waals surface area contributed by atoms with Gasteiger partial charge in [-0.05, 0) is 43.4 Å². The van der Waals surface area contributed by atoms with E-state index in [1.165, 1.54) is 0 Å². The second-order valence-electron chi connectivity index (χ2n) is 6.63. The lowest BCUT2D eigenvalue weighted by Crippen LogP contribution is -2.27. The molecular formula is C22H28N4O3. The lowest BCUT2D eigenvalue weighted by atomic mass is 10.2. The third-order valence-electron chi connectivity index (χ3n) is 5.06. The second-order valence-corrected chi connectivity index (χ2v) is 6.63. The van der Waals surface area contributed by atoms with Crippen molar-refractivity contribution in [3.05, 3.63) is 48.0 Å². The van der Waals surface area contributed by atoms with Crippen LogP contribution in [-0.2, 0) is 6.54 Å². The van der Waals surface area contributed by atoms with Gasteiger partial charge in [0.2, 0.25) is 5.95 Å². The molecule has 0 aliphatic heterocycles. The summed E-state index contributed by atoms with van der Waals surface area (Å²) in [5.41, 5.74) is 2.34. The van der Waals surface area contributed by atoms with Crippen LogP contribution in [0, 0.1) is 0 Å². The molecule has 0 atom stereocenters. The molecule has 7 heteroatoms. The zero-order chi connectivity index (χ0) is 20.8. The average Bonchev–Trinajstić information content (AvgIpc) is 3.10. The van der Waals surface area contributed by atoms with Crippen molar-refractivity contribution >= 4 is 22.9 Å². The zero-order valence-corrected chi connectivity index (χ0v) is 17.4. The first-order valence-corrected chi connectivity index (χ1v) is 9.82. The Morgan fingerprint density at radius 1 is 1.07 bits per heavy atom. The van der Waals surface area contributed by atoms with Gasteiger partial charge in [0.1, 0.15) is 0 Å². The molecule has 0 fully saturated rings. The monoisotopic (exact) mass is 396 g/mol. The molecule has 1 heterocycles. The highest BCUT2D eigenvalue weighted by atomic mass is 16.5. The van der Waals surface area contributed by atoms with E-state index in [2.05, 4.69) is 33.6 Å². The standard InChI is InChI=1S/C22H28N4O3/c1-5-25(6-2)13-14-26-18-10-8-7-9-17(18)23-22(26)24-21(27)16-11-12-19(28-3)20(15-16)29-4/h7-12,15H,5-6,13-14H2,1-4H3,(H,23,24,27). The van der Waals surface area contributed by atoms with Gasteiger partial charge >= 0.3 is 0 Å². The number of likely N-dealkylation sites (N-methyl/N-ethyl adjacent to an activating group) is 1. The van der Waals surface area contributed by atoms with Gasteiger partial charge in [0.05, 0.1) is 25.3 Å². The van der Waals surface area contributed by atoms with E-state index >= 15 is 0 Å². The molecule has 154 valence electrons. The van der Waals surface area contributed by atoms with Crippen LogP contribution in [-0.4, -0.2) is 54.2 Å². The summed E-state index contributed by atoms with van der Waals surface area (Å²) in [7, 11) is 3.11. The molecule has 0 radical (unpaired) electrons. The van der Waals surface area contributed by atoms with Crippen LogP contribution in [0.5, 0.6) is 11.5 Å². The molecule has 2 aromatic carbocycles. The number of para-hydroxylation sites is 2. The third-order valence-corrected chi connectivity index (χ3v) is 5.06. The summed E-state index contributed by atoms with van der Waals surface area (Å²) >= 11 is 0. The van der Waals surface area contributed by atoms with E-state index in [0.29, 0.717) is 23.0 Å². The van der Waals surface area contributed by atoms with Crippen LogP contribution in [0.15, 0.2) is 42.5 Å². The van der Waals surface area contributed by atoms with Gasteiger partial charge in [-0.3, -0.25) is 10.1 Å². The number of ether oxygens (including phenoxy) is 2. The largest absolute Gasteiger partial charge is 0.493 e. The second kappa shape index (κ2) is 9.43. The maximum Gasteiger partial charge on any atom is 0.258 e. The number of benzene rings is 2. The molecule has 0 bridgehead atoms. The first-order chi connectivity index (χ1) is 14.1. The number of hydrogen-bond acceptors (Lipinski definition) is 5. The summed E-state index contributed by atoms with van der Waals surface area (Å²) in [6.45, 7) is 7.88. The summed E-state index contributed by atoms with van der Waals surface area (Å²) in [5.74, 6) is 1.38. The number of hydrogen-bond donors (Lipinski definition) is 1. The number of rotatable bonds is 9. The van der Waals surface area contributed by atoms with E-state index < -0.39 is 0 Å². The van der Waals surface area contributed by atoms with Crippen LogP contribution < -0.4 is 14.8 Å². The van der Waals surface area contributed by atoms with Crippen molar-refractivity contribution in [2.75, 3.05) is 39.2 Å². The summed E-state index contributed by atoms with van der Waals surface area (Å²) in [4.78, 5) is 19.9. The van der Waals surface area contributed by atoms with Crippen molar-refractivity contribution in [3.8, 4) is 11.5 Å². The number of anilines is 1. The quantitative estimate of drug-likeness (QED) is 0.598. The molecular weight excluding hydrogens is 368 g/mol. The fraction of sp³-hybridized carbons (Fsp3) is 0.364. The van der Waals surface area contributed by atoms with Gasteiger partial charge in [0.15, 0.2) is 11.5 Å². The molecule has 0 aliphatic carbocycles. The van der Waals surface area contributed by atoms with Crippen molar-refractivity contribution < 1.29 is 14.3 Å². The molecule has 0 saturated carbocycles. The van der Waals surface area contributed by atoms with Crippen molar-refractivity contribution in [1.82, 2.24) is 14.5 Å². The van der Waals surface area contributed by atoms with Gasteiger partial charge in [-0.15, -0.1) is 0 Å². The van der Waals surface area contributed by atoms with Crippen LogP contribution in [0.3, 0.4) is 0 Å². The lowest BCUT2D eigenvalue weighted by molar-refractivity contribution is 0.102. The van der Waals surface area contributed by atoms with Crippen molar-refractivity contribution in [2.45, 2.75) is 20.4 Å². The van der Waals surface area contributed by atoms with Gasteiger partial charge in [-0.2, -0.15) is 0 Å². The van der Waals surface area contributed by atoms with Crippen molar-refractivity contribution in [3.63, 3.8) is 0 Å². The highest BCUT2D eigenvalue weighted by Crippen LogP contribution is 2.28. The Balaban J connectivity index is 1.89. The Morgan fingerprint density at radius 3 is 2.48 bits per heavy atom. The highest BCUT2D eigenvalue weighted by Gasteiger charge is 2.16. The molecule has 1 aromatic heterocycles. The van der Waals surface area contributed by atoms with E-state index in [9.17, 15) is 4.79 Å². The Hall–Kier alpha value is -3.06. The molecule has 7 nitrogen and oxygen atoms in total. The number of fused-ring (bicyclic) bond motifs is 1. The van der Waals surface area contributed by atoms with E-state index in [0.717, 1.165) is 37.2 Å². The molecule has 1 N–H and O–H groups in total. The van der Waals surface area contributed by atoms with E-state index in [1.807, 2.05) is 24.3 Å². The third kappa shape index (κ3) is 4.51. The minimum Gasteiger partial charge on any atom is -0.493 e. The van der Waals surface area contributed by atoms with Crippen LogP contribution in [0.25, 0.3) is 11.0 Å². The lowest BCUT2D eigenvalue weighted by Gasteiger charge is -2.19. The van der Waals surface area contributed by atoms with E-state index in [1.54, 1.807) is 32.4 Å². The Kier molecular flexibility index (Phi) is 6.72. The minimum atomic E-state index is -0.245. The smallest absolute Gasteiger partial charge is 0.258 e. The molecule has 0 unspecified atom stereocenters. The van der Waals surface area contributed by atoms with Crippen LogP contribution in [0.2, 0.25) is 0 Å². The molecule has 0 aliphatic rings. The fourth-order valence-corrected chi connectivity index (χ4v) is 3.33. The zero-order valence-electron chi connectivity index (χ0n) is 17.4. The average molecular weight is 396 g/mol. The van der Waals surface area contributed by atoms with Gasteiger partial charge in [-0.25, -0.2) is 4.98 Å². The topological polar surface area (TPSA) is 68.6 Å². The number of aromatic nitrogens is 2. The predicted octanol–water partition coefficient (Wildman–Crippen LogP) is 3.65. The molecule has 3 rings (SSSR count). The number of carbonyl (C=O) groups is 1. The Bertz CT molecular complexity index is 979. The van der Waals surface area contributed by atoms with Crippen molar-refractivity contribution in [1.29, 1.82) is 0 Å². The predicted molar refractivity (Wildman–Crippen MR) is 115 cm³/mol. The van der Waals surface area contributed by atoms with E-state index in [4.69, 9.17) is 9.47 Å². The summed E-state index contributed by atoms with van der Waals surface area (Å²) < 4.78 is 12.6. The molecule has 0 saturated heterocycles. The molecule has 3 aromatic rings. The molecule has 29 heavy (non-hydrogen) atoms. The van der Waals surface area contributed by atoms with E-state index in [-0.39, 0.29) is 5.91 Å². The SMILES string of the molecule is CCN(CC)CCn1c(NC(=O)c2ccc(OC)c(OC)c2)nc2ccccc21. The number of nitrogens with one attached hydrogen (secondary N) is 1. The maximum absolute atomic E-state index is 12.9. The van der Waals surface area contributed by atoms with Crippen LogP contribution in [0.4, 0.5) is 5.95 Å². The van der Waals surface area contributed by atoms with Crippen LogP contribution >= 0.6 is 0 Å². The Morgan fingerprint density at radius 2 is 1.79 bits per heavy atom. The number of methoxy groups -OCH3 is 2. The summed E-state index contributed by atoms with van der Waals surface area (Å²) in [6.07, 6.45) is 0. The number of imidazole rings is 1. The van der Waals surface area contributed by atoms with Gasteiger partial charge in [-0.1, -0.05) is 26.0 Å². The van der Waals surface area contributed by atoms with Gasteiger partial charge < -0.3 is 18.9 Å². The highest BCUT2D eigenvalue weighted by molar-refractivity contribution is 6.04. The summed E-state index contributed by atoms with van der Waals surface area (Å²) in [5, 5.41) is 2.96. The molecule has 1 amide bonds. The van der Waals surface area contributed by atoms with Crippen LogP contribution in [0.1, 0.15) is 24.2 Å². The first kappa shape index (κ1) is 20.7. The first-order valence-electron chi connectivity index (χ1n) is 9.82. The van der Waals surface area contributed by atoms with Crippen molar-refractivity contribution in [2.24, 2.45) is 0 Å². The van der Waals surface area contributed by atoms with Gasteiger partial charge in [0.25, 0.3) is 5.91 Å². The summed E-state index contributed by atoms with van der Waals surface area (Å²) in [6, 6.07) is 13.0. The maximum atomic E-state index is 12.9. The number of carbonyl (C=O) groups excluding carboxylic acids is 1. The Labute approximate surface area is 171 Å². The normalized spacial score (nSPS) is 11.1. The minimum absolute atomic E-state index is 0.245.